The third-order valence-corrected chi connectivity index (χ3v) is 4.23. The van der Waals surface area contributed by atoms with E-state index >= 15 is 0 Å². The van der Waals surface area contributed by atoms with E-state index in [1.807, 2.05) is 19.1 Å². The van der Waals surface area contributed by atoms with E-state index in [1.54, 1.807) is 35.2 Å². The normalized spacial score (nSPS) is 10.4. The maximum Gasteiger partial charge on any atom is 0.274 e. The zero-order chi connectivity index (χ0) is 13.7. The number of amides is 1. The van der Waals surface area contributed by atoms with Crippen LogP contribution in [0.25, 0.3) is 0 Å². The lowest BCUT2D eigenvalue weighted by Crippen LogP contribution is -2.21. The van der Waals surface area contributed by atoms with Crippen molar-refractivity contribution in [2.75, 3.05) is 7.11 Å². The third-order valence-electron chi connectivity index (χ3n) is 2.36. The summed E-state index contributed by atoms with van der Waals surface area (Å²) in [6.45, 7) is 2.00. The van der Waals surface area contributed by atoms with Gasteiger partial charge >= 0.3 is 0 Å². The summed E-state index contributed by atoms with van der Waals surface area (Å²) in [7, 11) is 1.41. The molecule has 100 valence electrons. The third kappa shape index (κ3) is 4.05. The van der Waals surface area contributed by atoms with Gasteiger partial charge in [-0.2, -0.15) is 0 Å². The van der Waals surface area contributed by atoms with Crippen LogP contribution < -0.4 is 5.48 Å². The zero-order valence-electron chi connectivity index (χ0n) is 10.7. The number of carbonyl (C=O) groups is 1. The van der Waals surface area contributed by atoms with E-state index in [0.717, 1.165) is 21.3 Å². The number of nitrogens with one attached hydrogen (secondary N) is 1. The van der Waals surface area contributed by atoms with E-state index in [-0.39, 0.29) is 5.91 Å². The molecule has 0 radical (unpaired) electrons. The minimum absolute atomic E-state index is 0.242. The summed E-state index contributed by atoms with van der Waals surface area (Å²) in [5.41, 5.74) is 3.96. The van der Waals surface area contributed by atoms with E-state index in [2.05, 4.69) is 20.7 Å². The molecule has 1 aromatic heterocycles. The molecule has 1 N–H and O–H groups in total. The molecule has 0 saturated heterocycles. The predicted octanol–water partition coefficient (Wildman–Crippen LogP) is 3.04. The molecule has 1 aromatic carbocycles. The number of aryl methyl sites for hydroxylation is 1. The van der Waals surface area contributed by atoms with Crippen molar-refractivity contribution in [2.24, 2.45) is 0 Å². The summed E-state index contributed by atoms with van der Waals surface area (Å²) in [6.07, 6.45) is 0. The van der Waals surface area contributed by atoms with Gasteiger partial charge in [0.1, 0.15) is 0 Å². The first-order valence-corrected chi connectivity index (χ1v) is 7.53. The molecule has 0 aliphatic rings. The molecule has 4 nitrogen and oxygen atoms in total. The maximum atomic E-state index is 11.5. The van der Waals surface area contributed by atoms with Gasteiger partial charge < -0.3 is 0 Å². The van der Waals surface area contributed by atoms with E-state index in [0.29, 0.717) is 5.56 Å². The van der Waals surface area contributed by atoms with Gasteiger partial charge in [-0.25, -0.2) is 10.5 Å². The van der Waals surface area contributed by atoms with Gasteiger partial charge in [-0.1, -0.05) is 0 Å². The van der Waals surface area contributed by atoms with Crippen molar-refractivity contribution in [1.82, 2.24) is 10.5 Å². The number of aromatic nitrogens is 1. The largest absolute Gasteiger partial charge is 0.277 e. The number of hydrogen-bond donors (Lipinski definition) is 1. The molecule has 0 unspecified atom stereocenters. The van der Waals surface area contributed by atoms with Crippen molar-refractivity contribution < 1.29 is 9.63 Å². The molecule has 2 rings (SSSR count). The molecule has 0 fully saturated rings. The Morgan fingerprint density at radius 2 is 2.16 bits per heavy atom. The fourth-order valence-corrected chi connectivity index (χ4v) is 3.00. The van der Waals surface area contributed by atoms with E-state index in [1.165, 1.54) is 7.11 Å². The molecule has 0 saturated carbocycles. The lowest BCUT2D eigenvalue weighted by molar-refractivity contribution is 0.0537. The second-order valence-corrected chi connectivity index (χ2v) is 5.92. The minimum Gasteiger partial charge on any atom is -0.277 e. The Labute approximate surface area is 120 Å². The fraction of sp³-hybridized carbons (Fsp3) is 0.231. The molecule has 19 heavy (non-hydrogen) atoms. The molecule has 1 amide bonds. The number of carbonyl (C=O) groups excluding carboxylic acids is 1. The van der Waals surface area contributed by atoms with Gasteiger partial charge in [-0.3, -0.25) is 9.63 Å². The second kappa shape index (κ2) is 6.70. The first-order valence-electron chi connectivity index (χ1n) is 5.66. The number of benzene rings is 1. The van der Waals surface area contributed by atoms with Crippen LogP contribution in [0.5, 0.6) is 0 Å². The monoisotopic (exact) mass is 294 g/mol. The molecule has 0 aliphatic heterocycles. The summed E-state index contributed by atoms with van der Waals surface area (Å²) in [4.78, 5) is 21.6. The Balaban J connectivity index is 1.93. The Kier molecular flexibility index (Phi) is 4.95. The van der Waals surface area contributed by atoms with Gasteiger partial charge in [0.2, 0.25) is 0 Å². The van der Waals surface area contributed by atoms with Gasteiger partial charge in [0.05, 0.1) is 17.8 Å². The Morgan fingerprint density at radius 1 is 1.42 bits per heavy atom. The highest BCUT2D eigenvalue weighted by Crippen LogP contribution is 2.23. The van der Waals surface area contributed by atoms with Crippen molar-refractivity contribution in [3.8, 4) is 0 Å². The molecule has 1 heterocycles. The van der Waals surface area contributed by atoms with Crippen molar-refractivity contribution in [3.63, 3.8) is 0 Å². The molecule has 0 bridgehead atoms. The first kappa shape index (κ1) is 14.0. The molecular formula is C13H14N2O2S2. The fourth-order valence-electron chi connectivity index (χ4n) is 1.49. The Morgan fingerprint density at radius 3 is 2.74 bits per heavy atom. The molecule has 0 spiro atoms. The first-order chi connectivity index (χ1) is 9.19. The lowest BCUT2D eigenvalue weighted by atomic mass is 10.2. The van der Waals surface area contributed by atoms with E-state index in [4.69, 9.17) is 0 Å². The summed E-state index contributed by atoms with van der Waals surface area (Å²) in [5.74, 6) is 0.600. The van der Waals surface area contributed by atoms with E-state index in [9.17, 15) is 4.79 Å². The topological polar surface area (TPSA) is 51.2 Å². The van der Waals surface area contributed by atoms with Gasteiger partial charge in [0.15, 0.2) is 0 Å². The highest BCUT2D eigenvalue weighted by molar-refractivity contribution is 7.98. The Hall–Kier alpha value is -1.37. The molecule has 0 atom stereocenters. The minimum atomic E-state index is -0.242. The van der Waals surface area contributed by atoms with Crippen LogP contribution in [0, 0.1) is 6.92 Å². The summed E-state index contributed by atoms with van der Waals surface area (Å²) in [6, 6.07) is 7.41. The molecule has 2 aromatic rings. The van der Waals surface area contributed by atoms with Crippen LogP contribution in [0.1, 0.15) is 21.1 Å². The standard InChI is InChI=1S/C13H14N2O2S2/c1-9-14-11(7-18-9)8-19-12-5-3-10(4-6-12)13(16)15-17-2/h3-7H,8H2,1-2H3,(H,15,16). The lowest BCUT2D eigenvalue weighted by Gasteiger charge is -2.03. The van der Waals surface area contributed by atoms with Gasteiger partial charge in [-0.05, 0) is 31.2 Å². The molecular weight excluding hydrogens is 280 g/mol. The predicted molar refractivity (Wildman–Crippen MR) is 77.3 cm³/mol. The molecule has 0 aliphatic carbocycles. The average Bonchev–Trinajstić information content (AvgIpc) is 2.83. The van der Waals surface area contributed by atoms with Crippen molar-refractivity contribution >= 4 is 29.0 Å². The molecule has 6 heteroatoms. The highest BCUT2D eigenvalue weighted by atomic mass is 32.2. The van der Waals surface area contributed by atoms with Crippen molar-refractivity contribution in [2.45, 2.75) is 17.6 Å². The number of thioether (sulfide) groups is 1. The van der Waals surface area contributed by atoms with Crippen molar-refractivity contribution in [1.29, 1.82) is 0 Å². The van der Waals surface area contributed by atoms with Gasteiger partial charge in [0, 0.05) is 21.6 Å². The van der Waals surface area contributed by atoms with Crippen LogP contribution in [-0.4, -0.2) is 18.0 Å². The van der Waals surface area contributed by atoms with E-state index < -0.39 is 0 Å². The number of rotatable bonds is 5. The van der Waals surface area contributed by atoms with Gasteiger partial charge in [0.25, 0.3) is 5.91 Å². The Bertz CT molecular complexity index is 552. The summed E-state index contributed by atoms with van der Waals surface area (Å²) >= 11 is 3.36. The van der Waals surface area contributed by atoms with Crippen LogP contribution in [0.2, 0.25) is 0 Å². The average molecular weight is 294 g/mol. The summed E-state index contributed by atoms with van der Waals surface area (Å²) < 4.78 is 0. The zero-order valence-corrected chi connectivity index (χ0v) is 12.3. The number of thiazole rings is 1. The quantitative estimate of drug-likeness (QED) is 0.680. The SMILES string of the molecule is CONC(=O)c1ccc(SCc2csc(C)n2)cc1. The van der Waals surface area contributed by atoms with Crippen LogP contribution in [0.3, 0.4) is 0 Å². The van der Waals surface area contributed by atoms with Crippen molar-refractivity contribution in [3.05, 3.63) is 45.9 Å². The number of hydrogen-bond acceptors (Lipinski definition) is 5. The number of hydroxylamine groups is 1. The smallest absolute Gasteiger partial charge is 0.274 e. The number of nitrogens with zero attached hydrogens (tertiary/aromatic N) is 1. The van der Waals surface area contributed by atoms with Crippen LogP contribution >= 0.6 is 23.1 Å². The van der Waals surface area contributed by atoms with Crippen LogP contribution in [-0.2, 0) is 10.6 Å². The van der Waals surface area contributed by atoms with Crippen LogP contribution in [0.4, 0.5) is 0 Å². The second-order valence-electron chi connectivity index (χ2n) is 3.81. The summed E-state index contributed by atoms with van der Waals surface area (Å²) in [5, 5.41) is 3.16. The van der Waals surface area contributed by atoms with Crippen LogP contribution in [0.15, 0.2) is 34.5 Å². The maximum absolute atomic E-state index is 11.5. The van der Waals surface area contributed by atoms with Gasteiger partial charge in [-0.15, -0.1) is 23.1 Å². The highest BCUT2D eigenvalue weighted by Gasteiger charge is 2.05.